The zero-order valence-electron chi connectivity index (χ0n) is 13.0. The van der Waals surface area contributed by atoms with Crippen LogP contribution in [0.4, 0.5) is 5.69 Å². The molecule has 3 atom stereocenters. The summed E-state index contributed by atoms with van der Waals surface area (Å²) in [6.07, 6.45) is 4.82. The van der Waals surface area contributed by atoms with E-state index in [2.05, 4.69) is 16.0 Å². The van der Waals surface area contributed by atoms with Crippen LogP contribution in [0.25, 0.3) is 0 Å². The average molecular weight is 302 g/mol. The first kappa shape index (κ1) is 15.0. The van der Waals surface area contributed by atoms with Gasteiger partial charge in [0, 0.05) is 12.1 Å². The lowest BCUT2D eigenvalue weighted by Gasteiger charge is -2.37. The molecule has 22 heavy (non-hydrogen) atoms. The largest absolute Gasteiger partial charge is 0.342 e. The Morgan fingerprint density at radius 3 is 2.77 bits per heavy atom. The Kier molecular flexibility index (Phi) is 4.43. The van der Waals surface area contributed by atoms with Gasteiger partial charge in [0.05, 0.1) is 12.5 Å². The fraction of sp³-hybridized carbons (Fsp3) is 0.529. The van der Waals surface area contributed by atoms with E-state index in [9.17, 15) is 9.59 Å². The Bertz CT molecular complexity index is 556. The number of nitrogens with one attached hydrogen (secondary N) is 2. The fourth-order valence-corrected chi connectivity index (χ4v) is 3.45. The van der Waals surface area contributed by atoms with Crippen LogP contribution in [0.15, 0.2) is 24.3 Å². The zero-order valence-corrected chi connectivity index (χ0v) is 13.0. The van der Waals surface area contributed by atoms with Crippen LogP contribution in [0.1, 0.15) is 37.7 Å². The number of anilines is 1. The van der Waals surface area contributed by atoms with Crippen molar-refractivity contribution in [3.05, 3.63) is 29.8 Å². The number of benzene rings is 1. The molecule has 2 aliphatic rings. The van der Waals surface area contributed by atoms with E-state index in [0.29, 0.717) is 6.04 Å². The molecule has 118 valence electrons. The molecule has 0 aromatic heterocycles. The highest BCUT2D eigenvalue weighted by Gasteiger charge is 2.40. The van der Waals surface area contributed by atoms with Crippen LogP contribution in [0.2, 0.25) is 0 Å². The number of hydrogen-bond acceptors (Lipinski definition) is 2. The van der Waals surface area contributed by atoms with Crippen molar-refractivity contribution in [1.82, 2.24) is 5.32 Å². The van der Waals surface area contributed by atoms with E-state index in [4.69, 9.17) is 0 Å². The van der Waals surface area contributed by atoms with Gasteiger partial charge in [0.15, 0.2) is 6.04 Å². The topological polar surface area (TPSA) is 74.8 Å². The number of hydrogen-bond donors (Lipinski definition) is 3. The van der Waals surface area contributed by atoms with E-state index < -0.39 is 0 Å². The number of quaternary nitrogens is 1. The first-order valence-electron chi connectivity index (χ1n) is 8.14. The summed E-state index contributed by atoms with van der Waals surface area (Å²) < 4.78 is 0. The molecule has 1 saturated carbocycles. The Balaban J connectivity index is 1.56. The maximum atomic E-state index is 12.2. The van der Waals surface area contributed by atoms with E-state index in [1.165, 1.54) is 12.8 Å². The SMILES string of the molecule is Cc1ccc(NC(=O)C[C@H]2[NH2+][C@H]3CCCC[C@H]3NC2=O)cc1. The summed E-state index contributed by atoms with van der Waals surface area (Å²) in [7, 11) is 0. The molecular formula is C17H24N3O2+. The van der Waals surface area contributed by atoms with Crippen molar-refractivity contribution in [2.24, 2.45) is 0 Å². The van der Waals surface area contributed by atoms with Gasteiger partial charge >= 0.3 is 0 Å². The van der Waals surface area contributed by atoms with Crippen molar-refractivity contribution in [1.29, 1.82) is 0 Å². The molecule has 1 heterocycles. The van der Waals surface area contributed by atoms with Crippen LogP contribution in [0, 0.1) is 6.92 Å². The number of carbonyl (C=O) groups excluding carboxylic acids is 2. The summed E-state index contributed by atoms with van der Waals surface area (Å²) in [5.41, 5.74) is 1.93. The molecule has 0 unspecified atom stereocenters. The van der Waals surface area contributed by atoms with Crippen molar-refractivity contribution in [3.63, 3.8) is 0 Å². The lowest BCUT2D eigenvalue weighted by atomic mass is 9.87. The molecule has 0 radical (unpaired) electrons. The van der Waals surface area contributed by atoms with Gasteiger partial charge in [-0.05, 0) is 31.9 Å². The van der Waals surface area contributed by atoms with E-state index in [-0.39, 0.29) is 30.3 Å². The van der Waals surface area contributed by atoms with Gasteiger partial charge < -0.3 is 16.0 Å². The summed E-state index contributed by atoms with van der Waals surface area (Å²) in [5, 5.41) is 8.07. The third-order valence-electron chi connectivity index (χ3n) is 4.70. The molecule has 1 aliphatic heterocycles. The van der Waals surface area contributed by atoms with Gasteiger partial charge in [0.1, 0.15) is 6.04 Å². The second kappa shape index (κ2) is 6.48. The first-order chi connectivity index (χ1) is 10.6. The van der Waals surface area contributed by atoms with Crippen molar-refractivity contribution in [3.8, 4) is 0 Å². The summed E-state index contributed by atoms with van der Waals surface area (Å²) in [4.78, 5) is 24.3. The highest BCUT2D eigenvalue weighted by atomic mass is 16.2. The van der Waals surface area contributed by atoms with Crippen molar-refractivity contribution < 1.29 is 14.9 Å². The van der Waals surface area contributed by atoms with Crippen LogP contribution < -0.4 is 16.0 Å². The fourth-order valence-electron chi connectivity index (χ4n) is 3.45. The zero-order chi connectivity index (χ0) is 15.5. The number of fused-ring (bicyclic) bond motifs is 1. The molecule has 1 saturated heterocycles. The number of rotatable bonds is 3. The average Bonchev–Trinajstić information content (AvgIpc) is 2.50. The molecule has 1 aromatic carbocycles. The minimum absolute atomic E-state index is 0.00204. The summed E-state index contributed by atoms with van der Waals surface area (Å²) in [6, 6.07) is 8.11. The van der Waals surface area contributed by atoms with Gasteiger partial charge in [-0.2, -0.15) is 0 Å². The quantitative estimate of drug-likeness (QED) is 0.769. The van der Waals surface area contributed by atoms with Gasteiger partial charge in [-0.1, -0.05) is 24.1 Å². The number of amides is 2. The molecular weight excluding hydrogens is 278 g/mol. The minimum Gasteiger partial charge on any atom is -0.342 e. The number of carbonyl (C=O) groups is 2. The Morgan fingerprint density at radius 1 is 1.27 bits per heavy atom. The van der Waals surface area contributed by atoms with E-state index in [1.54, 1.807) is 0 Å². The Labute approximate surface area is 130 Å². The maximum Gasteiger partial charge on any atom is 0.279 e. The summed E-state index contributed by atoms with van der Waals surface area (Å²) in [5.74, 6) is -0.100. The molecule has 4 N–H and O–H groups in total. The third-order valence-corrected chi connectivity index (χ3v) is 4.70. The standard InChI is InChI=1S/C17H23N3O2/c1-11-6-8-12(9-7-11)18-16(21)10-15-17(22)20-14-5-3-2-4-13(14)19-15/h6-9,13-15,19H,2-5,10H2,1H3,(H,18,21)(H,20,22)/p+1/t13-,14+,15+/m0/s1. The second-order valence-corrected chi connectivity index (χ2v) is 6.48. The molecule has 0 bridgehead atoms. The lowest BCUT2D eigenvalue weighted by Crippen LogP contribution is -3.03. The number of nitrogens with two attached hydrogens (primary N) is 1. The van der Waals surface area contributed by atoms with Crippen LogP contribution in [0.5, 0.6) is 0 Å². The van der Waals surface area contributed by atoms with Crippen LogP contribution in [-0.2, 0) is 9.59 Å². The van der Waals surface area contributed by atoms with Gasteiger partial charge in [0.25, 0.3) is 5.91 Å². The highest BCUT2D eigenvalue weighted by Crippen LogP contribution is 2.18. The summed E-state index contributed by atoms with van der Waals surface area (Å²) >= 11 is 0. The molecule has 1 aromatic rings. The molecule has 2 amide bonds. The Morgan fingerprint density at radius 2 is 2.00 bits per heavy atom. The molecule has 0 spiro atoms. The van der Waals surface area contributed by atoms with Gasteiger partial charge in [-0.3, -0.25) is 9.59 Å². The predicted molar refractivity (Wildman–Crippen MR) is 84.3 cm³/mol. The number of piperazine rings is 1. The lowest BCUT2D eigenvalue weighted by molar-refractivity contribution is -0.718. The van der Waals surface area contributed by atoms with Crippen LogP contribution >= 0.6 is 0 Å². The second-order valence-electron chi connectivity index (χ2n) is 6.48. The predicted octanol–water partition coefficient (Wildman–Crippen LogP) is 0.697. The van der Waals surface area contributed by atoms with Crippen LogP contribution in [-0.4, -0.2) is 29.9 Å². The minimum atomic E-state index is -0.301. The van der Waals surface area contributed by atoms with E-state index >= 15 is 0 Å². The molecule has 1 aliphatic carbocycles. The van der Waals surface area contributed by atoms with Crippen LogP contribution in [0.3, 0.4) is 0 Å². The molecule has 2 fully saturated rings. The van der Waals surface area contributed by atoms with Gasteiger partial charge in [-0.25, -0.2) is 0 Å². The van der Waals surface area contributed by atoms with Crippen molar-refractivity contribution in [2.45, 2.75) is 57.2 Å². The number of aryl methyl sites for hydroxylation is 1. The van der Waals surface area contributed by atoms with Crippen molar-refractivity contribution >= 4 is 17.5 Å². The van der Waals surface area contributed by atoms with E-state index in [1.807, 2.05) is 31.2 Å². The normalized spacial score (nSPS) is 27.7. The molecule has 3 rings (SSSR count). The molecule has 5 nitrogen and oxygen atoms in total. The van der Waals surface area contributed by atoms with E-state index in [0.717, 1.165) is 24.1 Å². The highest BCUT2D eigenvalue weighted by molar-refractivity contribution is 5.95. The first-order valence-corrected chi connectivity index (χ1v) is 8.14. The smallest absolute Gasteiger partial charge is 0.279 e. The maximum absolute atomic E-state index is 12.2. The Hall–Kier alpha value is -1.88. The summed E-state index contributed by atoms with van der Waals surface area (Å²) in [6.45, 7) is 2.01. The monoisotopic (exact) mass is 302 g/mol. The van der Waals surface area contributed by atoms with Gasteiger partial charge in [-0.15, -0.1) is 0 Å². The van der Waals surface area contributed by atoms with Gasteiger partial charge in [0.2, 0.25) is 5.91 Å². The third kappa shape index (κ3) is 3.47. The van der Waals surface area contributed by atoms with Crippen molar-refractivity contribution in [2.75, 3.05) is 5.32 Å². The molecule has 5 heteroatoms.